The van der Waals surface area contributed by atoms with Gasteiger partial charge in [0.25, 0.3) is 0 Å². The summed E-state index contributed by atoms with van der Waals surface area (Å²) >= 11 is 0. The van der Waals surface area contributed by atoms with Crippen LogP contribution in [0, 0.1) is 0 Å². The third-order valence-electron chi connectivity index (χ3n) is 1.18. The number of benzene rings is 1. The molecule has 0 aliphatic carbocycles. The highest BCUT2D eigenvalue weighted by molar-refractivity contribution is 7.55. The molecule has 1 aromatic rings. The normalized spacial score (nSPS) is 15.2. The highest BCUT2D eigenvalue weighted by Crippen LogP contribution is 2.32. The van der Waals surface area contributed by atoms with Gasteiger partial charge in [-0.25, -0.2) is 0 Å². The first-order chi connectivity index (χ1) is 5.49. The Labute approximate surface area is 69.4 Å². The van der Waals surface area contributed by atoms with Crippen molar-refractivity contribution >= 4 is 13.4 Å². The summed E-state index contributed by atoms with van der Waals surface area (Å²) in [5.41, 5.74) is 4.80. The zero-order chi connectivity index (χ0) is 9.19. The van der Waals surface area contributed by atoms with Crippen LogP contribution in [0.3, 0.4) is 0 Å². The molecule has 66 valence electrons. The first kappa shape index (κ1) is 9.06. The predicted molar refractivity (Wildman–Crippen MR) is 43.5 cm³/mol. The monoisotopic (exact) mass is 187 g/mol. The number of phenolic OH excluding ortho intramolecular Hbond substituents is 1. The summed E-state index contributed by atoms with van der Waals surface area (Å²) in [5, 5.41) is 11.1. The van der Waals surface area contributed by atoms with Gasteiger partial charge in [0.15, 0.2) is 7.67 Å². The molecule has 0 spiro atoms. The van der Waals surface area contributed by atoms with Gasteiger partial charge in [-0.2, -0.15) is 0 Å². The van der Waals surface area contributed by atoms with Crippen LogP contribution in [0.5, 0.6) is 5.75 Å². The summed E-state index contributed by atoms with van der Waals surface area (Å²) in [7, 11) is -4.07. The van der Waals surface area contributed by atoms with Crippen LogP contribution in [0.25, 0.3) is 0 Å². The fourth-order valence-corrected chi connectivity index (χ4v) is 1.26. The number of nitrogens with two attached hydrogens (primary N) is 1. The smallest absolute Gasteiger partial charge is 0.165 e. The van der Waals surface area contributed by atoms with Crippen LogP contribution in [-0.2, 0) is 4.57 Å². The maximum Gasteiger partial charge on any atom is 0.165 e. The fourth-order valence-electron chi connectivity index (χ4n) is 0.736. The molecule has 6 heteroatoms. The number of aromatic hydroxyl groups is 1. The number of phenols is 1. The second-order valence-corrected chi connectivity index (χ2v) is 3.64. The van der Waals surface area contributed by atoms with Gasteiger partial charge in [0.2, 0.25) is 0 Å². The van der Waals surface area contributed by atoms with Crippen LogP contribution in [-0.4, -0.2) is 5.11 Å². The molecule has 0 saturated carbocycles. The minimum atomic E-state index is -4.07. The lowest BCUT2D eigenvalue weighted by molar-refractivity contribution is -0.173. The van der Waals surface area contributed by atoms with Gasteiger partial charge in [0.05, 0.1) is 5.69 Å². The molecular formula is C6H8N2O3P-. The Bertz CT molecular complexity index is 322. The number of anilines is 1. The van der Waals surface area contributed by atoms with Crippen LogP contribution in [0.1, 0.15) is 0 Å². The molecule has 0 amide bonds. The summed E-state index contributed by atoms with van der Waals surface area (Å²) in [6, 6.07) is 5.93. The highest BCUT2D eigenvalue weighted by atomic mass is 31.2. The zero-order valence-corrected chi connectivity index (χ0v) is 6.99. The van der Waals surface area contributed by atoms with Gasteiger partial charge >= 0.3 is 0 Å². The van der Waals surface area contributed by atoms with E-state index >= 15 is 0 Å². The third kappa shape index (κ3) is 2.54. The standard InChI is InChI=1S/C6H9N2O3P/c7-12(10,11)8-5-3-1-2-4-6(5)9/h1-4,9H,(H4,7,8,10,11)/p-1. The van der Waals surface area contributed by atoms with Crippen LogP contribution < -0.4 is 15.5 Å². The molecule has 1 rings (SSSR count). The van der Waals surface area contributed by atoms with Crippen molar-refractivity contribution in [2.75, 3.05) is 5.09 Å². The van der Waals surface area contributed by atoms with Gasteiger partial charge in [-0.3, -0.25) is 10.1 Å². The van der Waals surface area contributed by atoms with E-state index in [4.69, 9.17) is 10.6 Å². The van der Waals surface area contributed by atoms with Crippen molar-refractivity contribution in [2.24, 2.45) is 5.50 Å². The molecule has 0 aromatic heterocycles. The van der Waals surface area contributed by atoms with Crippen LogP contribution in [0.4, 0.5) is 5.69 Å². The summed E-state index contributed by atoms with van der Waals surface area (Å²) < 4.78 is 10.5. The van der Waals surface area contributed by atoms with Crippen molar-refractivity contribution in [3.63, 3.8) is 0 Å². The van der Waals surface area contributed by atoms with Crippen molar-refractivity contribution in [1.82, 2.24) is 0 Å². The highest BCUT2D eigenvalue weighted by Gasteiger charge is 2.02. The van der Waals surface area contributed by atoms with Gasteiger partial charge in [0.1, 0.15) is 5.75 Å². The van der Waals surface area contributed by atoms with Crippen molar-refractivity contribution < 1.29 is 14.6 Å². The molecule has 0 saturated heterocycles. The Hall–Kier alpha value is -1.03. The Morgan fingerprint density at radius 1 is 1.50 bits per heavy atom. The van der Waals surface area contributed by atoms with Crippen molar-refractivity contribution in [1.29, 1.82) is 0 Å². The number of hydrogen-bond donors (Lipinski definition) is 3. The van der Waals surface area contributed by atoms with Crippen LogP contribution in [0.2, 0.25) is 0 Å². The largest absolute Gasteiger partial charge is 0.772 e. The molecule has 0 bridgehead atoms. The lowest BCUT2D eigenvalue weighted by atomic mass is 10.3. The van der Waals surface area contributed by atoms with Crippen LogP contribution >= 0.6 is 7.67 Å². The molecule has 1 unspecified atom stereocenters. The van der Waals surface area contributed by atoms with E-state index in [1.807, 2.05) is 5.09 Å². The van der Waals surface area contributed by atoms with Gasteiger partial charge in [-0.15, -0.1) is 0 Å². The summed E-state index contributed by atoms with van der Waals surface area (Å²) in [4.78, 5) is 10.5. The summed E-state index contributed by atoms with van der Waals surface area (Å²) in [6.07, 6.45) is 0. The number of nitrogens with one attached hydrogen (secondary N) is 1. The van der Waals surface area contributed by atoms with Gasteiger partial charge in [-0.1, -0.05) is 12.1 Å². The van der Waals surface area contributed by atoms with E-state index < -0.39 is 7.67 Å². The molecule has 1 atom stereocenters. The average Bonchev–Trinajstić information content (AvgIpc) is 1.91. The van der Waals surface area contributed by atoms with E-state index in [0.29, 0.717) is 0 Å². The van der Waals surface area contributed by atoms with Crippen molar-refractivity contribution in [2.45, 2.75) is 0 Å². The molecule has 4 N–H and O–H groups in total. The Balaban J connectivity index is 2.90. The molecule has 0 aliphatic heterocycles. The maximum absolute atomic E-state index is 10.5. The minimum absolute atomic E-state index is 0.0818. The lowest BCUT2D eigenvalue weighted by Crippen LogP contribution is -2.16. The summed E-state index contributed by atoms with van der Waals surface area (Å²) in [6.45, 7) is 0. The first-order valence-electron chi connectivity index (χ1n) is 3.15. The molecule has 0 aliphatic rings. The van der Waals surface area contributed by atoms with Gasteiger partial charge in [-0.05, 0) is 12.1 Å². The van der Waals surface area contributed by atoms with E-state index in [1.165, 1.54) is 12.1 Å². The van der Waals surface area contributed by atoms with Crippen molar-refractivity contribution in [3.05, 3.63) is 24.3 Å². The quantitative estimate of drug-likeness (QED) is 0.454. The average molecular weight is 187 g/mol. The number of para-hydroxylation sites is 2. The second-order valence-electron chi connectivity index (χ2n) is 2.23. The van der Waals surface area contributed by atoms with E-state index in [9.17, 15) is 9.46 Å². The number of hydrogen-bond acceptors (Lipinski definition) is 3. The summed E-state index contributed by atoms with van der Waals surface area (Å²) in [5.74, 6) is -0.154. The van der Waals surface area contributed by atoms with E-state index in [-0.39, 0.29) is 11.4 Å². The molecule has 12 heavy (non-hydrogen) atoms. The topological polar surface area (TPSA) is 98.4 Å². The Morgan fingerprint density at radius 2 is 2.08 bits per heavy atom. The SMILES string of the molecule is NP(=O)([O-])Nc1ccccc1O. The molecule has 0 radical (unpaired) electrons. The maximum atomic E-state index is 10.5. The predicted octanol–water partition coefficient (Wildman–Crippen LogP) is 0.231. The van der Waals surface area contributed by atoms with E-state index in [0.717, 1.165) is 0 Å². The zero-order valence-electron chi connectivity index (χ0n) is 6.10. The second kappa shape index (κ2) is 3.15. The van der Waals surface area contributed by atoms with E-state index in [2.05, 4.69) is 0 Å². The molecule has 0 heterocycles. The number of rotatable bonds is 2. The third-order valence-corrected chi connectivity index (χ3v) is 1.73. The van der Waals surface area contributed by atoms with Gasteiger partial charge < -0.3 is 15.1 Å². The lowest BCUT2D eigenvalue weighted by Gasteiger charge is -2.19. The van der Waals surface area contributed by atoms with Crippen LogP contribution in [0.15, 0.2) is 24.3 Å². The molecular weight excluding hydrogens is 179 g/mol. The first-order valence-corrected chi connectivity index (χ1v) is 4.84. The van der Waals surface area contributed by atoms with Gasteiger partial charge in [0, 0.05) is 0 Å². The van der Waals surface area contributed by atoms with E-state index in [1.54, 1.807) is 12.1 Å². The Morgan fingerprint density at radius 3 is 2.58 bits per heavy atom. The molecule has 1 aromatic carbocycles. The molecule has 0 fully saturated rings. The van der Waals surface area contributed by atoms with Crippen molar-refractivity contribution in [3.8, 4) is 5.75 Å². The minimum Gasteiger partial charge on any atom is -0.772 e. The Kier molecular flexibility index (Phi) is 2.38. The fraction of sp³-hybridized carbons (Fsp3) is 0. The molecule has 5 nitrogen and oxygen atoms in total.